The van der Waals surface area contributed by atoms with Crippen molar-refractivity contribution in [2.45, 2.75) is 55.2 Å². The average Bonchev–Trinajstić information content (AvgIpc) is 2.98. The molecule has 0 fully saturated rings. The van der Waals surface area contributed by atoms with Crippen LogP contribution in [0.4, 0.5) is 0 Å². The van der Waals surface area contributed by atoms with Crippen molar-refractivity contribution >= 4 is 5.78 Å². The van der Waals surface area contributed by atoms with Gasteiger partial charge in [-0.2, -0.15) is 0 Å². The van der Waals surface area contributed by atoms with Crippen LogP contribution < -0.4 is 0 Å². The summed E-state index contributed by atoms with van der Waals surface area (Å²) in [7, 11) is 0. The van der Waals surface area contributed by atoms with E-state index < -0.39 is 35.3 Å². The Kier molecular flexibility index (Phi) is 9.63. The van der Waals surface area contributed by atoms with Gasteiger partial charge < -0.3 is 25.5 Å². The number of aliphatic hydroxyl groups excluding tert-OH is 3. The van der Waals surface area contributed by atoms with Crippen LogP contribution in [0.3, 0.4) is 0 Å². The predicted octanol–water partition coefficient (Wildman–Crippen LogP) is 3.07. The number of Topliss-reactive ketones (excluding diaryl/α,β-unsaturated/α-hetero) is 1. The Balaban J connectivity index is 1.77. The molecule has 0 amide bonds. The standard InChI is InChI=1S/C34H36O6/c35-29(21-25-13-5-1-6-14-25)31(37)32(38)34(40,24-28-19-11-4-12-20-28)33(39,23-27-17-9-3-10-18-27)30(36)22-26-15-7-2-8-16-26/h1-20,29,31-32,35,37-40H,21-24H2/t29?,31-,32-,33-,34+/m1/s1. The summed E-state index contributed by atoms with van der Waals surface area (Å²) in [6, 6.07) is 35.2. The lowest BCUT2D eigenvalue weighted by Gasteiger charge is -2.47. The number of hydrogen-bond donors (Lipinski definition) is 5. The lowest BCUT2D eigenvalue weighted by Crippen LogP contribution is -2.70. The van der Waals surface area contributed by atoms with Crippen molar-refractivity contribution in [3.05, 3.63) is 144 Å². The van der Waals surface area contributed by atoms with Gasteiger partial charge in [0.2, 0.25) is 0 Å². The third-order valence-electron chi connectivity index (χ3n) is 7.50. The van der Waals surface area contributed by atoms with Gasteiger partial charge in [0.1, 0.15) is 17.8 Å². The van der Waals surface area contributed by atoms with Crippen LogP contribution in [0.15, 0.2) is 121 Å². The van der Waals surface area contributed by atoms with E-state index in [0.717, 1.165) is 0 Å². The molecule has 0 radical (unpaired) electrons. The molecule has 0 aromatic heterocycles. The smallest absolute Gasteiger partial charge is 0.172 e. The maximum absolute atomic E-state index is 14.0. The second-order valence-corrected chi connectivity index (χ2v) is 10.4. The summed E-state index contributed by atoms with van der Waals surface area (Å²) in [6.07, 6.45) is -6.33. The summed E-state index contributed by atoms with van der Waals surface area (Å²) in [4.78, 5) is 14.0. The number of carbonyl (C=O) groups is 1. The molecule has 0 bridgehead atoms. The Morgan fingerprint density at radius 3 is 1.45 bits per heavy atom. The molecule has 1 unspecified atom stereocenters. The molecule has 208 valence electrons. The van der Waals surface area contributed by atoms with Crippen LogP contribution in [0.5, 0.6) is 0 Å². The van der Waals surface area contributed by atoms with Gasteiger partial charge in [-0.05, 0) is 22.3 Å². The number of hydrogen-bond acceptors (Lipinski definition) is 6. The summed E-state index contributed by atoms with van der Waals surface area (Å²) < 4.78 is 0. The van der Waals surface area contributed by atoms with E-state index in [9.17, 15) is 30.3 Å². The molecule has 5 N–H and O–H groups in total. The quantitative estimate of drug-likeness (QED) is 0.178. The molecule has 4 aromatic rings. The highest BCUT2D eigenvalue weighted by molar-refractivity contribution is 5.91. The molecule has 5 atom stereocenters. The fraction of sp³-hybridized carbons (Fsp3) is 0.265. The lowest BCUT2D eigenvalue weighted by molar-refractivity contribution is -0.228. The second-order valence-electron chi connectivity index (χ2n) is 10.4. The van der Waals surface area contributed by atoms with Crippen LogP contribution >= 0.6 is 0 Å². The van der Waals surface area contributed by atoms with Crippen LogP contribution in [0, 0.1) is 0 Å². The number of carbonyl (C=O) groups excluding carboxylic acids is 1. The topological polar surface area (TPSA) is 118 Å². The third-order valence-corrected chi connectivity index (χ3v) is 7.50. The van der Waals surface area contributed by atoms with Gasteiger partial charge in [0, 0.05) is 25.7 Å². The first-order valence-corrected chi connectivity index (χ1v) is 13.4. The highest BCUT2D eigenvalue weighted by Gasteiger charge is 2.60. The van der Waals surface area contributed by atoms with Gasteiger partial charge in [-0.15, -0.1) is 0 Å². The minimum absolute atomic E-state index is 0.00441. The van der Waals surface area contributed by atoms with Crippen LogP contribution in [0.1, 0.15) is 22.3 Å². The zero-order valence-electron chi connectivity index (χ0n) is 22.3. The average molecular weight is 541 g/mol. The normalized spacial score (nSPS) is 16.7. The predicted molar refractivity (Wildman–Crippen MR) is 154 cm³/mol. The maximum Gasteiger partial charge on any atom is 0.172 e. The van der Waals surface area contributed by atoms with E-state index in [0.29, 0.717) is 22.3 Å². The zero-order valence-corrected chi connectivity index (χ0v) is 22.3. The van der Waals surface area contributed by atoms with Crippen molar-refractivity contribution < 1.29 is 30.3 Å². The molecule has 0 aliphatic rings. The van der Waals surface area contributed by atoms with Crippen LogP contribution in [-0.4, -0.2) is 60.8 Å². The first kappa shape index (κ1) is 29.3. The molecule has 4 aromatic carbocycles. The van der Waals surface area contributed by atoms with Gasteiger partial charge in [-0.25, -0.2) is 0 Å². The molecule has 0 aliphatic carbocycles. The van der Waals surface area contributed by atoms with E-state index in [1.54, 1.807) is 109 Å². The Morgan fingerprint density at radius 1 is 0.575 bits per heavy atom. The van der Waals surface area contributed by atoms with Gasteiger partial charge in [0.05, 0.1) is 6.10 Å². The van der Waals surface area contributed by atoms with Gasteiger partial charge in [0.15, 0.2) is 11.4 Å². The fourth-order valence-corrected chi connectivity index (χ4v) is 5.18. The van der Waals surface area contributed by atoms with Crippen LogP contribution in [0.25, 0.3) is 0 Å². The first-order valence-electron chi connectivity index (χ1n) is 13.4. The summed E-state index contributed by atoms with van der Waals surface area (Å²) in [5.74, 6) is -0.718. The van der Waals surface area contributed by atoms with Crippen molar-refractivity contribution in [3.8, 4) is 0 Å². The van der Waals surface area contributed by atoms with E-state index >= 15 is 0 Å². The number of aliphatic hydroxyl groups is 5. The number of ketones is 1. The van der Waals surface area contributed by atoms with E-state index in [1.165, 1.54) is 0 Å². The first-order chi connectivity index (χ1) is 19.2. The molecule has 0 saturated carbocycles. The molecule has 6 nitrogen and oxygen atoms in total. The summed E-state index contributed by atoms with van der Waals surface area (Å²) >= 11 is 0. The minimum atomic E-state index is -2.58. The van der Waals surface area contributed by atoms with Gasteiger partial charge in [-0.1, -0.05) is 121 Å². The molecule has 0 spiro atoms. The fourth-order valence-electron chi connectivity index (χ4n) is 5.18. The van der Waals surface area contributed by atoms with E-state index in [-0.39, 0.29) is 25.7 Å². The van der Waals surface area contributed by atoms with Crippen LogP contribution in [0.2, 0.25) is 0 Å². The van der Waals surface area contributed by atoms with Gasteiger partial charge in [0.25, 0.3) is 0 Å². The van der Waals surface area contributed by atoms with E-state index in [1.807, 2.05) is 12.1 Å². The molecular weight excluding hydrogens is 504 g/mol. The lowest BCUT2D eigenvalue weighted by atomic mass is 9.67. The second kappa shape index (κ2) is 13.1. The monoisotopic (exact) mass is 540 g/mol. The Labute approximate surface area is 234 Å². The van der Waals surface area contributed by atoms with Crippen molar-refractivity contribution in [1.82, 2.24) is 0 Å². The minimum Gasteiger partial charge on any atom is -0.390 e. The van der Waals surface area contributed by atoms with Crippen molar-refractivity contribution in [3.63, 3.8) is 0 Å². The Morgan fingerprint density at radius 2 is 0.975 bits per heavy atom. The molecule has 4 rings (SSSR count). The summed E-state index contributed by atoms with van der Waals surface area (Å²) in [5, 5.41) is 58.4. The molecule has 0 aliphatic heterocycles. The molecule has 40 heavy (non-hydrogen) atoms. The third kappa shape index (κ3) is 6.73. The van der Waals surface area contributed by atoms with Gasteiger partial charge in [-0.3, -0.25) is 4.79 Å². The van der Waals surface area contributed by atoms with Crippen molar-refractivity contribution in [2.24, 2.45) is 0 Å². The van der Waals surface area contributed by atoms with Crippen molar-refractivity contribution in [1.29, 1.82) is 0 Å². The van der Waals surface area contributed by atoms with Crippen molar-refractivity contribution in [2.75, 3.05) is 0 Å². The number of benzene rings is 4. The highest BCUT2D eigenvalue weighted by atomic mass is 16.4. The van der Waals surface area contributed by atoms with Crippen LogP contribution in [-0.2, 0) is 30.5 Å². The van der Waals surface area contributed by atoms with E-state index in [2.05, 4.69) is 0 Å². The molecule has 0 saturated heterocycles. The number of rotatable bonds is 13. The highest BCUT2D eigenvalue weighted by Crippen LogP contribution is 2.37. The molecule has 0 heterocycles. The molecular formula is C34H36O6. The summed E-state index contributed by atoms with van der Waals surface area (Å²) in [5.41, 5.74) is -2.68. The van der Waals surface area contributed by atoms with E-state index in [4.69, 9.17) is 0 Å². The van der Waals surface area contributed by atoms with Gasteiger partial charge >= 0.3 is 0 Å². The summed E-state index contributed by atoms with van der Waals surface area (Å²) in [6.45, 7) is 0. The zero-order chi connectivity index (χ0) is 28.6. The largest absolute Gasteiger partial charge is 0.390 e. The molecule has 6 heteroatoms. The Hall–Kier alpha value is -3.65. The SMILES string of the molecule is O=C(Cc1ccccc1)[C@](O)(Cc1ccccc1)[C@](O)(Cc1ccccc1)[C@H](O)[C@H](O)C(O)Cc1ccccc1. The Bertz CT molecular complexity index is 1330. The maximum atomic E-state index is 14.0.